The van der Waals surface area contributed by atoms with Crippen LogP contribution in [0.1, 0.15) is 33.3 Å². The molecule has 0 aromatic heterocycles. The third-order valence-corrected chi connectivity index (χ3v) is 3.14. The minimum absolute atomic E-state index is 0.299. The lowest BCUT2D eigenvalue weighted by molar-refractivity contribution is -0.141. The normalized spacial score (nSPS) is 14.5. The summed E-state index contributed by atoms with van der Waals surface area (Å²) >= 11 is 0. The summed E-state index contributed by atoms with van der Waals surface area (Å²) in [6, 6.07) is 8.35. The molecular formula is C16H26N2O4. The van der Waals surface area contributed by atoms with Crippen molar-refractivity contribution < 1.29 is 19.8 Å². The van der Waals surface area contributed by atoms with Crippen LogP contribution in [-0.4, -0.2) is 45.8 Å². The lowest BCUT2D eigenvalue weighted by atomic mass is 10.1. The summed E-state index contributed by atoms with van der Waals surface area (Å²) < 4.78 is 5.16. The fourth-order valence-corrected chi connectivity index (χ4v) is 1.90. The standard InChI is InChI=1S/C16H26N2O4/c1-12(18(21)10-13-8-6-5-7-9-13)14(11-19)17-15(20)22-16(2,3)4/h5-9,12,14,19,21H,10-11H2,1-4H3,(H,17,20)/t12-,14+/m1/s1. The molecule has 0 radical (unpaired) electrons. The average Bonchev–Trinajstić information content (AvgIpc) is 2.43. The van der Waals surface area contributed by atoms with E-state index in [1.807, 2.05) is 30.3 Å². The van der Waals surface area contributed by atoms with Gasteiger partial charge in [0, 0.05) is 6.54 Å². The van der Waals surface area contributed by atoms with Crippen LogP contribution in [0.5, 0.6) is 0 Å². The Kier molecular flexibility index (Phi) is 6.80. The number of amides is 1. The third-order valence-electron chi connectivity index (χ3n) is 3.14. The molecule has 2 atom stereocenters. The van der Waals surface area contributed by atoms with Crippen molar-refractivity contribution in [1.29, 1.82) is 0 Å². The Morgan fingerprint density at radius 1 is 1.32 bits per heavy atom. The van der Waals surface area contributed by atoms with Gasteiger partial charge in [-0.1, -0.05) is 30.3 Å². The van der Waals surface area contributed by atoms with Crippen LogP contribution in [-0.2, 0) is 11.3 Å². The Bertz CT molecular complexity index is 459. The summed E-state index contributed by atoms with van der Waals surface area (Å²) in [4.78, 5) is 11.8. The van der Waals surface area contributed by atoms with Crippen LogP contribution in [0, 0.1) is 0 Å². The summed E-state index contributed by atoms with van der Waals surface area (Å²) in [6.07, 6.45) is -0.619. The number of carbonyl (C=O) groups excluding carboxylic acids is 1. The first kappa shape index (κ1) is 18.4. The second-order valence-corrected chi connectivity index (χ2v) is 6.26. The number of nitrogens with one attached hydrogen (secondary N) is 1. The van der Waals surface area contributed by atoms with Crippen molar-refractivity contribution in [3.63, 3.8) is 0 Å². The van der Waals surface area contributed by atoms with E-state index in [9.17, 15) is 15.1 Å². The highest BCUT2D eigenvalue weighted by Crippen LogP contribution is 2.10. The number of aliphatic hydroxyl groups excluding tert-OH is 1. The zero-order chi connectivity index (χ0) is 16.8. The summed E-state index contributed by atoms with van der Waals surface area (Å²) in [5, 5.41) is 23.3. The molecule has 1 aromatic carbocycles. The maximum absolute atomic E-state index is 11.8. The predicted molar refractivity (Wildman–Crippen MR) is 83.5 cm³/mol. The van der Waals surface area contributed by atoms with E-state index in [1.165, 1.54) is 0 Å². The summed E-state index contributed by atoms with van der Waals surface area (Å²) in [5.74, 6) is 0. The first-order valence-electron chi connectivity index (χ1n) is 7.32. The van der Waals surface area contributed by atoms with Crippen LogP contribution in [0.3, 0.4) is 0 Å². The van der Waals surface area contributed by atoms with Crippen molar-refractivity contribution in [2.24, 2.45) is 0 Å². The van der Waals surface area contributed by atoms with Crippen LogP contribution in [0.15, 0.2) is 30.3 Å². The number of aliphatic hydroxyl groups is 1. The van der Waals surface area contributed by atoms with Crippen molar-refractivity contribution in [2.45, 2.75) is 51.9 Å². The molecule has 1 rings (SSSR count). The third kappa shape index (κ3) is 6.43. The first-order valence-corrected chi connectivity index (χ1v) is 7.32. The van der Waals surface area contributed by atoms with E-state index in [1.54, 1.807) is 27.7 Å². The van der Waals surface area contributed by atoms with Crippen LogP contribution < -0.4 is 5.32 Å². The molecule has 0 saturated carbocycles. The fraction of sp³-hybridized carbons (Fsp3) is 0.562. The number of alkyl carbamates (subject to hydrolysis) is 1. The molecule has 0 aliphatic carbocycles. The number of hydrogen-bond donors (Lipinski definition) is 3. The van der Waals surface area contributed by atoms with Gasteiger partial charge in [0.2, 0.25) is 0 Å². The van der Waals surface area contributed by atoms with Gasteiger partial charge in [0.1, 0.15) is 5.60 Å². The molecule has 1 amide bonds. The Labute approximate surface area is 131 Å². The van der Waals surface area contributed by atoms with E-state index in [0.29, 0.717) is 6.54 Å². The minimum Gasteiger partial charge on any atom is -0.444 e. The van der Waals surface area contributed by atoms with Gasteiger partial charge in [0.15, 0.2) is 0 Å². The lowest BCUT2D eigenvalue weighted by Crippen LogP contribution is -2.52. The van der Waals surface area contributed by atoms with E-state index in [2.05, 4.69) is 5.32 Å². The second-order valence-electron chi connectivity index (χ2n) is 6.26. The molecule has 1 aromatic rings. The van der Waals surface area contributed by atoms with Crippen LogP contribution in [0.25, 0.3) is 0 Å². The summed E-state index contributed by atoms with van der Waals surface area (Å²) in [6.45, 7) is 7.01. The molecule has 0 aliphatic heterocycles. The first-order chi connectivity index (χ1) is 10.2. The van der Waals surface area contributed by atoms with Crippen molar-refractivity contribution in [1.82, 2.24) is 10.4 Å². The van der Waals surface area contributed by atoms with Crippen LogP contribution >= 0.6 is 0 Å². The van der Waals surface area contributed by atoms with Crippen molar-refractivity contribution >= 4 is 6.09 Å². The molecule has 0 spiro atoms. The van der Waals surface area contributed by atoms with Gasteiger partial charge in [-0.25, -0.2) is 4.79 Å². The number of carbonyl (C=O) groups is 1. The molecule has 0 fully saturated rings. The van der Waals surface area contributed by atoms with Crippen molar-refractivity contribution in [2.75, 3.05) is 6.61 Å². The maximum Gasteiger partial charge on any atom is 0.408 e. The Morgan fingerprint density at radius 3 is 2.41 bits per heavy atom. The quantitative estimate of drug-likeness (QED) is 0.701. The highest BCUT2D eigenvalue weighted by Gasteiger charge is 2.26. The number of benzene rings is 1. The minimum atomic E-state index is -0.636. The highest BCUT2D eigenvalue weighted by molar-refractivity contribution is 5.68. The molecule has 0 aliphatic rings. The average molecular weight is 310 g/mol. The molecule has 6 nitrogen and oxygen atoms in total. The number of nitrogens with zero attached hydrogens (tertiary/aromatic N) is 1. The van der Waals surface area contributed by atoms with E-state index in [0.717, 1.165) is 10.6 Å². The van der Waals surface area contributed by atoms with Gasteiger partial charge >= 0.3 is 6.09 Å². The van der Waals surface area contributed by atoms with Crippen LogP contribution in [0.4, 0.5) is 4.79 Å². The largest absolute Gasteiger partial charge is 0.444 e. The SMILES string of the molecule is C[C@H]([C@H](CO)NC(=O)OC(C)(C)C)N(O)Cc1ccccc1. The molecular weight excluding hydrogens is 284 g/mol. The smallest absolute Gasteiger partial charge is 0.408 e. The van der Waals surface area contributed by atoms with E-state index >= 15 is 0 Å². The Morgan fingerprint density at radius 2 is 1.91 bits per heavy atom. The van der Waals surface area contributed by atoms with Gasteiger partial charge in [-0.3, -0.25) is 0 Å². The zero-order valence-electron chi connectivity index (χ0n) is 13.6. The van der Waals surface area contributed by atoms with E-state index < -0.39 is 23.8 Å². The zero-order valence-corrected chi connectivity index (χ0v) is 13.6. The molecule has 3 N–H and O–H groups in total. The lowest BCUT2D eigenvalue weighted by Gasteiger charge is -2.30. The molecule has 0 bridgehead atoms. The molecule has 6 heteroatoms. The van der Waals surface area contributed by atoms with E-state index in [4.69, 9.17) is 4.74 Å². The molecule has 0 unspecified atom stereocenters. The number of hydrogen-bond acceptors (Lipinski definition) is 5. The summed E-state index contributed by atoms with van der Waals surface area (Å²) in [5.41, 5.74) is 0.321. The predicted octanol–water partition coefficient (Wildman–Crippen LogP) is 2.15. The molecule has 0 heterocycles. The van der Waals surface area contributed by atoms with Gasteiger partial charge in [0.05, 0.1) is 18.7 Å². The second kappa shape index (κ2) is 8.12. The van der Waals surface area contributed by atoms with Gasteiger partial charge in [-0.05, 0) is 33.3 Å². The maximum atomic E-state index is 11.8. The highest BCUT2D eigenvalue weighted by atomic mass is 16.6. The van der Waals surface area contributed by atoms with E-state index in [-0.39, 0.29) is 6.61 Å². The van der Waals surface area contributed by atoms with Crippen molar-refractivity contribution in [3.05, 3.63) is 35.9 Å². The Hall–Kier alpha value is -1.63. The molecule has 0 saturated heterocycles. The van der Waals surface area contributed by atoms with Gasteiger partial charge in [-0.15, -0.1) is 0 Å². The number of ether oxygens (including phenoxy) is 1. The van der Waals surface area contributed by atoms with Gasteiger partial charge in [0.25, 0.3) is 0 Å². The fourth-order valence-electron chi connectivity index (χ4n) is 1.90. The molecule has 22 heavy (non-hydrogen) atoms. The molecule has 124 valence electrons. The van der Waals surface area contributed by atoms with Crippen LogP contribution in [0.2, 0.25) is 0 Å². The Balaban J connectivity index is 2.59. The number of hydroxylamine groups is 2. The van der Waals surface area contributed by atoms with Gasteiger partial charge in [-0.2, -0.15) is 5.06 Å². The number of rotatable bonds is 6. The monoisotopic (exact) mass is 310 g/mol. The van der Waals surface area contributed by atoms with Crippen molar-refractivity contribution in [3.8, 4) is 0 Å². The van der Waals surface area contributed by atoms with Gasteiger partial charge < -0.3 is 20.4 Å². The topological polar surface area (TPSA) is 82.0 Å². The summed E-state index contributed by atoms with van der Waals surface area (Å²) in [7, 11) is 0.